The lowest BCUT2D eigenvalue weighted by atomic mass is 9.95. The molecule has 1 saturated carbocycles. The first-order chi connectivity index (χ1) is 9.40. The predicted molar refractivity (Wildman–Crippen MR) is 72.8 cm³/mol. The first-order valence-electron chi connectivity index (χ1n) is 6.98. The van der Waals surface area contributed by atoms with Crippen LogP contribution in [-0.2, 0) is 14.4 Å². The Balaban J connectivity index is 2.36. The number of rotatable bonds is 6. The van der Waals surface area contributed by atoms with E-state index in [1.807, 2.05) is 0 Å². The number of nitrogens with two attached hydrogens (primary N) is 1. The van der Waals surface area contributed by atoms with Gasteiger partial charge in [0, 0.05) is 6.04 Å². The van der Waals surface area contributed by atoms with Crippen LogP contribution in [0.3, 0.4) is 0 Å². The molecule has 114 valence electrons. The number of hydrogen-bond acceptors (Lipinski definition) is 4. The van der Waals surface area contributed by atoms with E-state index in [1.165, 1.54) is 6.42 Å². The number of carbonyl (C=O) groups excluding carboxylic acids is 2. The highest BCUT2D eigenvalue weighted by Crippen LogP contribution is 2.17. The van der Waals surface area contributed by atoms with Gasteiger partial charge in [0.1, 0.15) is 6.04 Å². The molecule has 1 aliphatic carbocycles. The Labute approximate surface area is 118 Å². The summed E-state index contributed by atoms with van der Waals surface area (Å²) in [6.07, 6.45) is 4.88. The van der Waals surface area contributed by atoms with Crippen molar-refractivity contribution in [2.24, 2.45) is 5.73 Å². The fourth-order valence-corrected chi connectivity index (χ4v) is 2.24. The van der Waals surface area contributed by atoms with Crippen molar-refractivity contribution in [1.82, 2.24) is 10.6 Å². The highest BCUT2D eigenvalue weighted by Gasteiger charge is 2.23. The molecular weight excluding hydrogens is 262 g/mol. The van der Waals surface area contributed by atoms with Gasteiger partial charge in [0.15, 0.2) is 0 Å². The van der Waals surface area contributed by atoms with Crippen LogP contribution in [0.5, 0.6) is 0 Å². The highest BCUT2D eigenvalue weighted by atomic mass is 16.4. The molecule has 2 amide bonds. The molecule has 5 N–H and O–H groups in total. The molecule has 0 saturated heterocycles. The van der Waals surface area contributed by atoms with Gasteiger partial charge in [0.2, 0.25) is 11.8 Å². The maximum absolute atomic E-state index is 11.9. The van der Waals surface area contributed by atoms with E-state index in [4.69, 9.17) is 10.8 Å². The van der Waals surface area contributed by atoms with E-state index in [2.05, 4.69) is 10.6 Å². The van der Waals surface area contributed by atoms with Crippen LogP contribution < -0.4 is 16.4 Å². The first-order valence-corrected chi connectivity index (χ1v) is 6.98. The minimum atomic E-state index is -1.15. The third-order valence-electron chi connectivity index (χ3n) is 3.43. The van der Waals surface area contributed by atoms with Gasteiger partial charge in [-0.05, 0) is 19.8 Å². The smallest absolute Gasteiger partial charge is 0.305 e. The summed E-state index contributed by atoms with van der Waals surface area (Å²) in [5.74, 6) is -2.03. The SMILES string of the molecule is C[C@H](NC(=O)[C@@H](N)CC(=O)O)C(=O)NC1CCCCC1. The summed E-state index contributed by atoms with van der Waals surface area (Å²) in [5.41, 5.74) is 5.43. The van der Waals surface area contributed by atoms with Crippen molar-refractivity contribution in [3.63, 3.8) is 0 Å². The lowest BCUT2D eigenvalue weighted by molar-refractivity contribution is -0.139. The van der Waals surface area contributed by atoms with Crippen molar-refractivity contribution in [1.29, 1.82) is 0 Å². The molecule has 0 aromatic carbocycles. The zero-order valence-electron chi connectivity index (χ0n) is 11.7. The Morgan fingerprint density at radius 2 is 1.80 bits per heavy atom. The molecule has 1 rings (SSSR count). The van der Waals surface area contributed by atoms with Crippen LogP contribution in [0.15, 0.2) is 0 Å². The van der Waals surface area contributed by atoms with Gasteiger partial charge in [-0.25, -0.2) is 0 Å². The van der Waals surface area contributed by atoms with Crippen LogP contribution in [0.2, 0.25) is 0 Å². The lowest BCUT2D eigenvalue weighted by Gasteiger charge is -2.25. The zero-order valence-corrected chi connectivity index (χ0v) is 11.7. The summed E-state index contributed by atoms with van der Waals surface area (Å²) in [6, 6.07) is -1.69. The fourth-order valence-electron chi connectivity index (χ4n) is 2.24. The van der Waals surface area contributed by atoms with Crippen molar-refractivity contribution in [2.75, 3.05) is 0 Å². The molecule has 0 bridgehead atoms. The monoisotopic (exact) mass is 285 g/mol. The van der Waals surface area contributed by atoms with Crippen LogP contribution in [0.25, 0.3) is 0 Å². The number of carboxylic acid groups (broad SMARTS) is 1. The zero-order chi connectivity index (χ0) is 15.1. The Morgan fingerprint density at radius 1 is 1.20 bits per heavy atom. The third kappa shape index (κ3) is 5.56. The summed E-state index contributed by atoms with van der Waals surface area (Å²) >= 11 is 0. The molecule has 0 spiro atoms. The molecule has 20 heavy (non-hydrogen) atoms. The van der Waals surface area contributed by atoms with E-state index >= 15 is 0 Å². The summed E-state index contributed by atoms with van der Waals surface area (Å²) in [4.78, 5) is 34.0. The number of nitrogens with one attached hydrogen (secondary N) is 2. The lowest BCUT2D eigenvalue weighted by Crippen LogP contribution is -2.52. The maximum Gasteiger partial charge on any atom is 0.305 e. The molecule has 7 nitrogen and oxygen atoms in total. The number of amides is 2. The standard InChI is InChI=1S/C13H23N3O4/c1-8(15-13(20)10(14)7-11(17)18)12(19)16-9-5-3-2-4-6-9/h8-10H,2-7,14H2,1H3,(H,15,20)(H,16,19)(H,17,18)/t8-,10-/m0/s1. The van der Waals surface area contributed by atoms with E-state index in [-0.39, 0.29) is 11.9 Å². The summed E-state index contributed by atoms with van der Waals surface area (Å²) in [6.45, 7) is 1.56. The molecule has 0 radical (unpaired) electrons. The molecule has 0 aromatic heterocycles. The number of hydrogen-bond donors (Lipinski definition) is 4. The molecule has 0 aliphatic heterocycles. The summed E-state index contributed by atoms with van der Waals surface area (Å²) in [5, 5.41) is 13.9. The van der Waals surface area contributed by atoms with Gasteiger partial charge in [0.25, 0.3) is 0 Å². The van der Waals surface area contributed by atoms with Gasteiger partial charge in [-0.15, -0.1) is 0 Å². The summed E-state index contributed by atoms with van der Waals surface area (Å²) in [7, 11) is 0. The second kappa shape index (κ2) is 7.84. The Morgan fingerprint density at radius 3 is 2.35 bits per heavy atom. The highest BCUT2D eigenvalue weighted by molar-refractivity contribution is 5.91. The van der Waals surface area contributed by atoms with Gasteiger partial charge in [-0.2, -0.15) is 0 Å². The largest absolute Gasteiger partial charge is 0.481 e. The maximum atomic E-state index is 11.9. The molecule has 1 aliphatic rings. The van der Waals surface area contributed by atoms with Crippen LogP contribution in [-0.4, -0.2) is 41.0 Å². The first kappa shape index (κ1) is 16.4. The average Bonchev–Trinajstić information content (AvgIpc) is 2.38. The van der Waals surface area contributed by atoms with Gasteiger partial charge in [-0.1, -0.05) is 19.3 Å². The second-order valence-corrected chi connectivity index (χ2v) is 5.28. The predicted octanol–water partition coefficient (Wildman–Crippen LogP) is -0.258. The quantitative estimate of drug-likeness (QED) is 0.536. The van der Waals surface area contributed by atoms with Crippen LogP contribution >= 0.6 is 0 Å². The topological polar surface area (TPSA) is 122 Å². The molecule has 2 atom stereocenters. The van der Waals surface area contributed by atoms with Crippen LogP contribution in [0.4, 0.5) is 0 Å². The molecule has 0 aromatic rings. The van der Waals surface area contributed by atoms with Crippen molar-refractivity contribution in [3.05, 3.63) is 0 Å². The normalized spacial score (nSPS) is 18.9. The van der Waals surface area contributed by atoms with E-state index in [1.54, 1.807) is 6.92 Å². The van der Waals surface area contributed by atoms with Gasteiger partial charge < -0.3 is 21.5 Å². The van der Waals surface area contributed by atoms with E-state index in [0.29, 0.717) is 0 Å². The van der Waals surface area contributed by atoms with Crippen molar-refractivity contribution in [2.45, 2.75) is 63.6 Å². The second-order valence-electron chi connectivity index (χ2n) is 5.28. The Bertz CT molecular complexity index is 367. The number of carbonyl (C=O) groups is 3. The molecular formula is C13H23N3O4. The molecule has 0 heterocycles. The van der Waals surface area contributed by atoms with E-state index < -0.39 is 30.4 Å². The minimum Gasteiger partial charge on any atom is -0.481 e. The summed E-state index contributed by atoms with van der Waals surface area (Å²) < 4.78 is 0. The van der Waals surface area contributed by atoms with Gasteiger partial charge in [-0.3, -0.25) is 14.4 Å². The Hall–Kier alpha value is -1.63. The third-order valence-corrected chi connectivity index (χ3v) is 3.43. The molecule has 7 heteroatoms. The van der Waals surface area contributed by atoms with E-state index in [0.717, 1.165) is 25.7 Å². The van der Waals surface area contributed by atoms with Crippen molar-refractivity contribution < 1.29 is 19.5 Å². The number of aliphatic carboxylic acids is 1. The fraction of sp³-hybridized carbons (Fsp3) is 0.769. The van der Waals surface area contributed by atoms with Crippen LogP contribution in [0, 0.1) is 0 Å². The van der Waals surface area contributed by atoms with E-state index in [9.17, 15) is 14.4 Å². The van der Waals surface area contributed by atoms with Crippen molar-refractivity contribution in [3.8, 4) is 0 Å². The van der Waals surface area contributed by atoms with Gasteiger partial charge in [0.05, 0.1) is 12.5 Å². The minimum absolute atomic E-state index is 0.170. The Kier molecular flexibility index (Phi) is 6.44. The van der Waals surface area contributed by atoms with Gasteiger partial charge >= 0.3 is 5.97 Å². The van der Waals surface area contributed by atoms with Crippen LogP contribution in [0.1, 0.15) is 45.4 Å². The molecule has 0 unspecified atom stereocenters. The van der Waals surface area contributed by atoms with Crippen molar-refractivity contribution >= 4 is 17.8 Å². The number of carboxylic acids is 1. The molecule has 1 fully saturated rings. The average molecular weight is 285 g/mol.